The standard InChI is InChI=1S/C15H22ClNO3/c1-11-8-17(9-14(10-18)20-11)6-5-15(19)12-3-2-4-13(16)7-12/h2-4,7,11,14-15,18-19H,5-6,8-10H2,1H3. The Balaban J connectivity index is 1.85. The molecule has 3 atom stereocenters. The Labute approximate surface area is 124 Å². The molecule has 0 aromatic heterocycles. The quantitative estimate of drug-likeness (QED) is 0.871. The largest absolute Gasteiger partial charge is 0.394 e. The van der Waals surface area contributed by atoms with E-state index in [9.17, 15) is 10.2 Å². The third kappa shape index (κ3) is 4.43. The Morgan fingerprint density at radius 3 is 2.95 bits per heavy atom. The Kier molecular flexibility index (Phi) is 5.81. The second kappa shape index (κ2) is 7.38. The van der Waals surface area contributed by atoms with Crippen LogP contribution in [0.25, 0.3) is 0 Å². The highest BCUT2D eigenvalue weighted by molar-refractivity contribution is 6.30. The van der Waals surface area contributed by atoms with Crippen LogP contribution < -0.4 is 0 Å². The van der Waals surface area contributed by atoms with Gasteiger partial charge in [0.05, 0.1) is 24.9 Å². The fourth-order valence-electron chi connectivity index (χ4n) is 2.61. The van der Waals surface area contributed by atoms with Gasteiger partial charge in [0.25, 0.3) is 0 Å². The van der Waals surface area contributed by atoms with Crippen molar-refractivity contribution in [2.24, 2.45) is 0 Å². The number of ether oxygens (including phenoxy) is 1. The molecule has 0 saturated carbocycles. The summed E-state index contributed by atoms with van der Waals surface area (Å²) in [6.07, 6.45) is 0.122. The molecule has 1 aliphatic rings. The van der Waals surface area contributed by atoms with Crippen LogP contribution in [0.4, 0.5) is 0 Å². The number of hydrogen-bond donors (Lipinski definition) is 2. The maximum atomic E-state index is 10.2. The third-order valence-corrected chi connectivity index (χ3v) is 3.79. The third-order valence-electron chi connectivity index (χ3n) is 3.56. The summed E-state index contributed by atoms with van der Waals surface area (Å²) in [5, 5.41) is 20.0. The molecular weight excluding hydrogens is 278 g/mol. The molecule has 0 bridgehead atoms. The van der Waals surface area contributed by atoms with Crippen LogP contribution in [-0.2, 0) is 4.74 Å². The van der Waals surface area contributed by atoms with Gasteiger partial charge in [0.15, 0.2) is 0 Å². The van der Waals surface area contributed by atoms with E-state index in [0.29, 0.717) is 18.0 Å². The van der Waals surface area contributed by atoms with Gasteiger partial charge in [-0.15, -0.1) is 0 Å². The first-order chi connectivity index (χ1) is 9.58. The van der Waals surface area contributed by atoms with E-state index in [0.717, 1.165) is 18.7 Å². The van der Waals surface area contributed by atoms with Gasteiger partial charge >= 0.3 is 0 Å². The van der Waals surface area contributed by atoms with Crippen LogP contribution in [-0.4, -0.2) is 53.6 Å². The molecule has 2 rings (SSSR count). The molecule has 4 nitrogen and oxygen atoms in total. The first-order valence-corrected chi connectivity index (χ1v) is 7.38. The Morgan fingerprint density at radius 2 is 2.25 bits per heavy atom. The number of halogens is 1. The predicted molar refractivity (Wildman–Crippen MR) is 78.9 cm³/mol. The van der Waals surface area contributed by atoms with Crippen molar-refractivity contribution >= 4 is 11.6 Å². The smallest absolute Gasteiger partial charge is 0.0936 e. The Morgan fingerprint density at radius 1 is 1.45 bits per heavy atom. The second-order valence-electron chi connectivity index (χ2n) is 5.37. The zero-order chi connectivity index (χ0) is 14.5. The maximum absolute atomic E-state index is 10.2. The van der Waals surface area contributed by atoms with Crippen LogP contribution in [0, 0.1) is 0 Å². The number of nitrogens with zero attached hydrogens (tertiary/aromatic N) is 1. The van der Waals surface area contributed by atoms with Gasteiger partial charge in [-0.2, -0.15) is 0 Å². The zero-order valence-corrected chi connectivity index (χ0v) is 12.5. The molecule has 5 heteroatoms. The Hall–Kier alpha value is -0.650. The highest BCUT2D eigenvalue weighted by atomic mass is 35.5. The lowest BCUT2D eigenvalue weighted by molar-refractivity contribution is -0.0967. The monoisotopic (exact) mass is 299 g/mol. The first-order valence-electron chi connectivity index (χ1n) is 7.00. The predicted octanol–water partition coefficient (Wildman–Crippen LogP) is 1.85. The van der Waals surface area contributed by atoms with E-state index in [1.54, 1.807) is 12.1 Å². The molecular formula is C15H22ClNO3. The molecule has 0 amide bonds. The molecule has 0 aliphatic carbocycles. The highest BCUT2D eigenvalue weighted by Crippen LogP contribution is 2.21. The lowest BCUT2D eigenvalue weighted by Gasteiger charge is -2.36. The SMILES string of the molecule is CC1CN(CCC(O)c2cccc(Cl)c2)CC(CO)O1. The molecule has 0 radical (unpaired) electrons. The van der Waals surface area contributed by atoms with Crippen molar-refractivity contribution in [2.75, 3.05) is 26.2 Å². The number of aliphatic hydroxyl groups is 2. The summed E-state index contributed by atoms with van der Waals surface area (Å²) in [6, 6.07) is 7.33. The minimum absolute atomic E-state index is 0.0394. The normalized spacial score (nSPS) is 25.6. The van der Waals surface area contributed by atoms with Gasteiger partial charge in [-0.1, -0.05) is 23.7 Å². The van der Waals surface area contributed by atoms with Crippen molar-refractivity contribution in [2.45, 2.75) is 31.7 Å². The summed E-state index contributed by atoms with van der Waals surface area (Å²) in [4.78, 5) is 2.23. The van der Waals surface area contributed by atoms with Crippen molar-refractivity contribution in [3.05, 3.63) is 34.9 Å². The fourth-order valence-corrected chi connectivity index (χ4v) is 2.81. The van der Waals surface area contributed by atoms with Crippen molar-refractivity contribution in [1.29, 1.82) is 0 Å². The second-order valence-corrected chi connectivity index (χ2v) is 5.81. The van der Waals surface area contributed by atoms with Gasteiger partial charge in [0.2, 0.25) is 0 Å². The molecule has 1 fully saturated rings. The highest BCUT2D eigenvalue weighted by Gasteiger charge is 2.24. The van der Waals surface area contributed by atoms with Crippen LogP contribution in [0.2, 0.25) is 5.02 Å². The van der Waals surface area contributed by atoms with Gasteiger partial charge in [-0.25, -0.2) is 0 Å². The summed E-state index contributed by atoms with van der Waals surface area (Å²) >= 11 is 5.93. The molecule has 1 aliphatic heterocycles. The number of rotatable bonds is 5. The number of benzene rings is 1. The van der Waals surface area contributed by atoms with Gasteiger partial charge in [0.1, 0.15) is 0 Å². The summed E-state index contributed by atoms with van der Waals surface area (Å²) in [5.41, 5.74) is 0.845. The van der Waals surface area contributed by atoms with E-state index in [2.05, 4.69) is 4.90 Å². The van der Waals surface area contributed by atoms with Gasteiger partial charge in [-0.3, -0.25) is 4.90 Å². The van der Waals surface area contributed by atoms with E-state index in [1.807, 2.05) is 19.1 Å². The molecule has 2 N–H and O–H groups in total. The van der Waals surface area contributed by atoms with Crippen LogP contribution in [0.3, 0.4) is 0 Å². The maximum Gasteiger partial charge on any atom is 0.0936 e. The topological polar surface area (TPSA) is 52.9 Å². The molecule has 1 aromatic carbocycles. The average Bonchev–Trinajstić information content (AvgIpc) is 2.44. The lowest BCUT2D eigenvalue weighted by Crippen LogP contribution is -2.48. The van der Waals surface area contributed by atoms with Crippen LogP contribution in [0.15, 0.2) is 24.3 Å². The molecule has 1 saturated heterocycles. The molecule has 3 unspecified atom stereocenters. The average molecular weight is 300 g/mol. The van der Waals surface area contributed by atoms with E-state index >= 15 is 0 Å². The van der Waals surface area contributed by atoms with E-state index < -0.39 is 6.10 Å². The van der Waals surface area contributed by atoms with Crippen LogP contribution in [0.5, 0.6) is 0 Å². The van der Waals surface area contributed by atoms with Gasteiger partial charge in [0, 0.05) is 24.7 Å². The van der Waals surface area contributed by atoms with E-state index in [4.69, 9.17) is 16.3 Å². The van der Waals surface area contributed by atoms with Gasteiger partial charge in [-0.05, 0) is 31.0 Å². The minimum Gasteiger partial charge on any atom is -0.394 e. The number of hydrogen-bond acceptors (Lipinski definition) is 4. The molecule has 0 spiro atoms. The number of morpholine rings is 1. The fraction of sp³-hybridized carbons (Fsp3) is 0.600. The summed E-state index contributed by atoms with van der Waals surface area (Å²) in [5.74, 6) is 0. The van der Waals surface area contributed by atoms with Gasteiger partial charge < -0.3 is 14.9 Å². The first kappa shape index (κ1) is 15.7. The molecule has 1 heterocycles. The van der Waals surface area contributed by atoms with E-state index in [1.165, 1.54) is 0 Å². The zero-order valence-electron chi connectivity index (χ0n) is 11.7. The summed E-state index contributed by atoms with van der Waals surface area (Å²) in [6.45, 7) is 4.36. The van der Waals surface area contributed by atoms with Crippen molar-refractivity contribution in [1.82, 2.24) is 4.90 Å². The van der Waals surface area contributed by atoms with Crippen molar-refractivity contribution in [3.63, 3.8) is 0 Å². The van der Waals surface area contributed by atoms with Crippen molar-refractivity contribution < 1.29 is 14.9 Å². The van der Waals surface area contributed by atoms with E-state index in [-0.39, 0.29) is 18.8 Å². The van der Waals surface area contributed by atoms with Crippen molar-refractivity contribution in [3.8, 4) is 0 Å². The molecule has 20 heavy (non-hydrogen) atoms. The lowest BCUT2D eigenvalue weighted by atomic mass is 10.1. The minimum atomic E-state index is -0.514. The summed E-state index contributed by atoms with van der Waals surface area (Å²) in [7, 11) is 0. The Bertz CT molecular complexity index is 429. The molecule has 1 aromatic rings. The molecule has 112 valence electrons. The van der Waals surface area contributed by atoms with Crippen LogP contribution in [0.1, 0.15) is 25.0 Å². The number of aliphatic hydroxyl groups excluding tert-OH is 2. The summed E-state index contributed by atoms with van der Waals surface area (Å²) < 4.78 is 5.60. The van der Waals surface area contributed by atoms with Crippen LogP contribution >= 0.6 is 11.6 Å².